The van der Waals surface area contributed by atoms with Gasteiger partial charge in [-0.2, -0.15) is 0 Å². The van der Waals surface area contributed by atoms with Gasteiger partial charge in [0.2, 0.25) is 5.91 Å². The number of thioether (sulfide) groups is 1. The van der Waals surface area contributed by atoms with Crippen molar-refractivity contribution in [3.63, 3.8) is 0 Å². The third-order valence-corrected chi connectivity index (χ3v) is 4.94. The SMILES string of the molecule is CCn1c(COc2ccccc2)nnc1SCC(=O)Nc1ccc(C(=O)O)cc1. The number of aromatic carboxylic acids is 1. The van der Waals surface area contributed by atoms with Crippen molar-refractivity contribution in [2.24, 2.45) is 0 Å². The quantitative estimate of drug-likeness (QED) is 0.519. The monoisotopic (exact) mass is 412 g/mol. The van der Waals surface area contributed by atoms with Crippen LogP contribution >= 0.6 is 11.8 Å². The molecule has 29 heavy (non-hydrogen) atoms. The van der Waals surface area contributed by atoms with E-state index in [1.807, 2.05) is 41.8 Å². The van der Waals surface area contributed by atoms with Gasteiger partial charge >= 0.3 is 5.97 Å². The van der Waals surface area contributed by atoms with Crippen molar-refractivity contribution in [3.05, 3.63) is 66.0 Å². The van der Waals surface area contributed by atoms with Gasteiger partial charge in [-0.1, -0.05) is 30.0 Å². The van der Waals surface area contributed by atoms with Gasteiger partial charge in [-0.3, -0.25) is 4.79 Å². The van der Waals surface area contributed by atoms with Gasteiger partial charge in [0.25, 0.3) is 0 Å². The van der Waals surface area contributed by atoms with E-state index >= 15 is 0 Å². The molecule has 0 aliphatic heterocycles. The van der Waals surface area contributed by atoms with Crippen molar-refractivity contribution in [3.8, 4) is 5.75 Å². The van der Waals surface area contributed by atoms with Crippen LogP contribution in [0.5, 0.6) is 5.75 Å². The van der Waals surface area contributed by atoms with Crippen LogP contribution in [0.25, 0.3) is 0 Å². The smallest absolute Gasteiger partial charge is 0.335 e. The Morgan fingerprint density at radius 3 is 2.48 bits per heavy atom. The Balaban J connectivity index is 1.55. The highest BCUT2D eigenvalue weighted by molar-refractivity contribution is 7.99. The van der Waals surface area contributed by atoms with Gasteiger partial charge in [-0.25, -0.2) is 4.79 Å². The minimum atomic E-state index is -1.01. The number of benzene rings is 2. The number of carbonyl (C=O) groups excluding carboxylic acids is 1. The summed E-state index contributed by atoms with van der Waals surface area (Å²) >= 11 is 1.28. The first-order valence-corrected chi connectivity index (χ1v) is 9.91. The van der Waals surface area contributed by atoms with Crippen molar-refractivity contribution >= 4 is 29.3 Å². The van der Waals surface area contributed by atoms with E-state index in [-0.39, 0.29) is 23.8 Å². The third-order valence-electron chi connectivity index (χ3n) is 3.97. The molecule has 1 heterocycles. The van der Waals surface area contributed by atoms with Crippen LogP contribution < -0.4 is 10.1 Å². The Morgan fingerprint density at radius 2 is 1.83 bits per heavy atom. The van der Waals surface area contributed by atoms with E-state index in [4.69, 9.17) is 9.84 Å². The molecule has 0 saturated heterocycles. The van der Waals surface area contributed by atoms with Crippen LogP contribution in [0, 0.1) is 0 Å². The maximum absolute atomic E-state index is 12.2. The zero-order valence-corrected chi connectivity index (χ0v) is 16.6. The molecule has 3 aromatic rings. The topological polar surface area (TPSA) is 106 Å². The van der Waals surface area contributed by atoms with E-state index < -0.39 is 5.97 Å². The molecular formula is C20H20N4O4S. The summed E-state index contributed by atoms with van der Waals surface area (Å²) in [6, 6.07) is 15.5. The lowest BCUT2D eigenvalue weighted by atomic mass is 10.2. The van der Waals surface area contributed by atoms with Crippen LogP contribution in [0.2, 0.25) is 0 Å². The minimum Gasteiger partial charge on any atom is -0.486 e. The molecule has 0 unspecified atom stereocenters. The average Bonchev–Trinajstić information content (AvgIpc) is 3.13. The van der Waals surface area contributed by atoms with Crippen LogP contribution in [0.3, 0.4) is 0 Å². The number of hydrogen-bond acceptors (Lipinski definition) is 6. The van der Waals surface area contributed by atoms with Crippen LogP contribution in [0.15, 0.2) is 59.8 Å². The predicted octanol–water partition coefficient (Wildman–Crippen LogP) is 3.31. The Morgan fingerprint density at radius 1 is 1.10 bits per heavy atom. The molecular weight excluding hydrogens is 392 g/mol. The molecule has 8 nitrogen and oxygen atoms in total. The first-order valence-electron chi connectivity index (χ1n) is 8.92. The van der Waals surface area contributed by atoms with Crippen molar-refractivity contribution in [2.45, 2.75) is 25.2 Å². The van der Waals surface area contributed by atoms with Crippen molar-refractivity contribution in [1.82, 2.24) is 14.8 Å². The summed E-state index contributed by atoms with van der Waals surface area (Å²) in [7, 11) is 0. The molecule has 0 saturated carbocycles. The van der Waals surface area contributed by atoms with Crippen LogP contribution in [-0.4, -0.2) is 37.5 Å². The highest BCUT2D eigenvalue weighted by Crippen LogP contribution is 2.19. The van der Waals surface area contributed by atoms with Gasteiger partial charge in [0.05, 0.1) is 11.3 Å². The number of ether oxygens (including phenoxy) is 1. The van der Waals surface area contributed by atoms with E-state index in [9.17, 15) is 9.59 Å². The van der Waals surface area contributed by atoms with Gasteiger partial charge in [0.15, 0.2) is 11.0 Å². The number of rotatable bonds is 9. The number of nitrogens with one attached hydrogen (secondary N) is 1. The molecule has 1 aromatic heterocycles. The normalized spacial score (nSPS) is 10.5. The zero-order chi connectivity index (χ0) is 20.6. The van der Waals surface area contributed by atoms with Crippen molar-refractivity contribution < 1.29 is 19.4 Å². The standard InChI is InChI=1S/C20H20N4O4S/c1-2-24-17(12-28-16-6-4-3-5-7-16)22-23-20(24)29-13-18(25)21-15-10-8-14(9-11-15)19(26)27/h3-11H,2,12-13H2,1H3,(H,21,25)(H,26,27). The number of carbonyl (C=O) groups is 2. The van der Waals surface area contributed by atoms with Gasteiger partial charge in [-0.05, 0) is 43.3 Å². The summed E-state index contributed by atoms with van der Waals surface area (Å²) < 4.78 is 7.63. The largest absolute Gasteiger partial charge is 0.486 e. The number of anilines is 1. The number of carboxylic acids is 1. The third kappa shape index (κ3) is 5.58. The Bertz CT molecular complexity index is 974. The number of nitrogens with zero attached hydrogens (tertiary/aromatic N) is 3. The second kappa shape index (κ2) is 9.74. The van der Waals surface area contributed by atoms with E-state index in [0.717, 1.165) is 5.75 Å². The number of para-hydroxylation sites is 1. The molecule has 0 aliphatic carbocycles. The number of amides is 1. The molecule has 2 aromatic carbocycles. The minimum absolute atomic E-state index is 0.151. The molecule has 1 amide bonds. The molecule has 0 radical (unpaired) electrons. The van der Waals surface area contributed by atoms with E-state index in [1.165, 1.54) is 23.9 Å². The Hall–Kier alpha value is -3.33. The molecule has 9 heteroatoms. The molecule has 0 atom stereocenters. The van der Waals surface area contributed by atoms with Crippen LogP contribution in [0.4, 0.5) is 5.69 Å². The lowest BCUT2D eigenvalue weighted by Gasteiger charge is -2.09. The summed E-state index contributed by atoms with van der Waals surface area (Å²) in [4.78, 5) is 23.1. The second-order valence-electron chi connectivity index (χ2n) is 5.96. The van der Waals surface area contributed by atoms with E-state index in [2.05, 4.69) is 15.5 Å². The fourth-order valence-corrected chi connectivity index (χ4v) is 3.36. The molecule has 150 valence electrons. The molecule has 0 spiro atoms. The lowest BCUT2D eigenvalue weighted by molar-refractivity contribution is -0.113. The maximum atomic E-state index is 12.2. The number of hydrogen-bond donors (Lipinski definition) is 2. The van der Waals surface area contributed by atoms with Gasteiger partial charge in [0.1, 0.15) is 12.4 Å². The molecule has 0 fully saturated rings. The van der Waals surface area contributed by atoms with Gasteiger partial charge < -0.3 is 19.7 Å². The fourth-order valence-electron chi connectivity index (χ4n) is 2.54. The first kappa shape index (κ1) is 20.4. The van der Waals surface area contributed by atoms with E-state index in [1.54, 1.807) is 12.1 Å². The molecule has 0 aliphatic rings. The summed E-state index contributed by atoms with van der Waals surface area (Å²) in [6.07, 6.45) is 0. The van der Waals surface area contributed by atoms with Crippen molar-refractivity contribution in [1.29, 1.82) is 0 Å². The summed E-state index contributed by atoms with van der Waals surface area (Å²) in [5.74, 6) is 0.359. The number of aromatic nitrogens is 3. The Labute approximate surface area is 171 Å². The maximum Gasteiger partial charge on any atom is 0.335 e. The first-order chi connectivity index (χ1) is 14.1. The molecule has 0 bridgehead atoms. The average molecular weight is 412 g/mol. The van der Waals surface area contributed by atoms with E-state index in [0.29, 0.717) is 23.2 Å². The molecule has 3 rings (SSSR count). The van der Waals surface area contributed by atoms with Gasteiger partial charge in [-0.15, -0.1) is 10.2 Å². The summed E-state index contributed by atoms with van der Waals surface area (Å²) in [5.41, 5.74) is 0.702. The summed E-state index contributed by atoms with van der Waals surface area (Å²) in [5, 5.41) is 20.6. The van der Waals surface area contributed by atoms with Crippen LogP contribution in [0.1, 0.15) is 23.1 Å². The molecule has 2 N–H and O–H groups in total. The van der Waals surface area contributed by atoms with Crippen LogP contribution in [-0.2, 0) is 17.9 Å². The summed E-state index contributed by atoms with van der Waals surface area (Å²) in [6.45, 7) is 2.91. The fraction of sp³-hybridized carbons (Fsp3) is 0.200. The van der Waals surface area contributed by atoms with Gasteiger partial charge in [0, 0.05) is 12.2 Å². The second-order valence-corrected chi connectivity index (χ2v) is 6.91. The zero-order valence-electron chi connectivity index (χ0n) is 15.7. The number of carboxylic acid groups (broad SMARTS) is 1. The lowest BCUT2D eigenvalue weighted by Crippen LogP contribution is -2.15. The van der Waals surface area contributed by atoms with Crippen molar-refractivity contribution in [2.75, 3.05) is 11.1 Å². The predicted molar refractivity (Wildman–Crippen MR) is 109 cm³/mol. The highest BCUT2D eigenvalue weighted by Gasteiger charge is 2.14. The Kier molecular flexibility index (Phi) is 6.85. The highest BCUT2D eigenvalue weighted by atomic mass is 32.2.